The van der Waals surface area contributed by atoms with Gasteiger partial charge < -0.3 is 4.90 Å². The van der Waals surface area contributed by atoms with Crippen molar-refractivity contribution in [3.63, 3.8) is 0 Å². The maximum Gasteiger partial charge on any atom is 0.255 e. The summed E-state index contributed by atoms with van der Waals surface area (Å²) in [5.41, 5.74) is 0. The molecule has 2 aliphatic heterocycles. The molecule has 0 amide bonds. The van der Waals surface area contributed by atoms with Gasteiger partial charge in [0, 0.05) is 51.4 Å². The highest BCUT2D eigenvalue weighted by Crippen LogP contribution is 2.24. The highest BCUT2D eigenvalue weighted by Gasteiger charge is 2.37. The molecule has 0 aromatic carbocycles. The average Bonchev–Trinajstić information content (AvgIpc) is 2.32. The van der Waals surface area contributed by atoms with E-state index < -0.39 is 12.5 Å². The lowest BCUT2D eigenvalue weighted by molar-refractivity contribution is -0.0532. The van der Waals surface area contributed by atoms with E-state index in [9.17, 15) is 8.78 Å². The van der Waals surface area contributed by atoms with Crippen molar-refractivity contribution in [3.05, 3.63) is 0 Å². The van der Waals surface area contributed by atoms with Gasteiger partial charge in [-0.3, -0.25) is 9.80 Å². The highest BCUT2D eigenvalue weighted by atomic mass is 19.3. The molecule has 2 saturated heterocycles. The predicted octanol–water partition coefficient (Wildman–Crippen LogP) is 1.99. The van der Waals surface area contributed by atoms with E-state index in [1.54, 1.807) is 0 Å². The third-order valence-corrected chi connectivity index (χ3v) is 4.79. The number of piperazine rings is 1. The molecule has 0 aromatic rings. The Labute approximate surface area is 121 Å². The van der Waals surface area contributed by atoms with Gasteiger partial charge in [0.25, 0.3) is 6.43 Å². The lowest BCUT2D eigenvalue weighted by Gasteiger charge is -2.48. The summed E-state index contributed by atoms with van der Waals surface area (Å²) in [6, 6.07) is 0.354. The Morgan fingerprint density at radius 2 is 1.50 bits per heavy atom. The number of hydrogen-bond donors (Lipinski definition) is 0. The van der Waals surface area contributed by atoms with E-state index in [-0.39, 0.29) is 0 Å². The zero-order valence-corrected chi connectivity index (χ0v) is 13.2. The Hall–Kier alpha value is -0.260. The van der Waals surface area contributed by atoms with Crippen molar-refractivity contribution in [1.82, 2.24) is 14.7 Å². The second-order valence-corrected chi connectivity index (χ2v) is 6.90. The van der Waals surface area contributed by atoms with Crippen LogP contribution in [0.1, 0.15) is 27.7 Å². The van der Waals surface area contributed by atoms with Crippen molar-refractivity contribution in [3.8, 4) is 0 Å². The molecule has 2 heterocycles. The zero-order valence-electron chi connectivity index (χ0n) is 13.2. The van der Waals surface area contributed by atoms with E-state index in [1.807, 2.05) is 4.90 Å². The van der Waals surface area contributed by atoms with E-state index in [1.165, 1.54) is 0 Å². The van der Waals surface area contributed by atoms with Gasteiger partial charge in [0.2, 0.25) is 0 Å². The maximum absolute atomic E-state index is 13.3. The molecular formula is C15H29F2N3. The lowest BCUT2D eigenvalue weighted by atomic mass is 9.96. The van der Waals surface area contributed by atoms with Crippen LogP contribution < -0.4 is 0 Å². The third-order valence-electron chi connectivity index (χ3n) is 4.79. The van der Waals surface area contributed by atoms with Gasteiger partial charge in [0.1, 0.15) is 0 Å². The molecule has 2 aliphatic rings. The van der Waals surface area contributed by atoms with Crippen molar-refractivity contribution >= 4 is 0 Å². The van der Waals surface area contributed by atoms with Crippen LogP contribution in [0.25, 0.3) is 0 Å². The Bertz CT molecular complexity index is 303. The fraction of sp³-hybridized carbons (Fsp3) is 1.00. The summed E-state index contributed by atoms with van der Waals surface area (Å²) in [7, 11) is 0. The van der Waals surface area contributed by atoms with E-state index in [2.05, 4.69) is 37.5 Å². The number of rotatable bonds is 5. The zero-order chi connectivity index (χ0) is 14.9. The maximum atomic E-state index is 13.3. The molecule has 0 radical (unpaired) electrons. The summed E-state index contributed by atoms with van der Waals surface area (Å²) in [6.07, 6.45) is -2.24. The minimum absolute atomic E-state index is 0.360. The summed E-state index contributed by atoms with van der Waals surface area (Å²) in [6.45, 7) is 13.7. The van der Waals surface area contributed by atoms with Gasteiger partial charge in [0.15, 0.2) is 0 Å². The largest absolute Gasteiger partial charge is 0.300 e. The van der Waals surface area contributed by atoms with Gasteiger partial charge in [-0.2, -0.15) is 0 Å². The Morgan fingerprint density at radius 1 is 0.900 bits per heavy atom. The van der Waals surface area contributed by atoms with Crippen LogP contribution in [0, 0.1) is 5.92 Å². The lowest BCUT2D eigenvalue weighted by Crippen LogP contribution is -2.61. The molecule has 0 N–H and O–H groups in total. The molecule has 3 nitrogen and oxygen atoms in total. The van der Waals surface area contributed by atoms with Crippen LogP contribution in [-0.4, -0.2) is 78.5 Å². The first-order valence-electron chi connectivity index (χ1n) is 7.88. The van der Waals surface area contributed by atoms with Crippen LogP contribution in [0.2, 0.25) is 0 Å². The van der Waals surface area contributed by atoms with Gasteiger partial charge in [-0.25, -0.2) is 8.78 Å². The van der Waals surface area contributed by atoms with Crippen LogP contribution in [0.4, 0.5) is 8.78 Å². The second kappa shape index (κ2) is 6.67. The summed E-state index contributed by atoms with van der Waals surface area (Å²) >= 11 is 0. The summed E-state index contributed by atoms with van der Waals surface area (Å²) in [5, 5.41) is 0. The van der Waals surface area contributed by atoms with Crippen molar-refractivity contribution in [2.75, 3.05) is 39.3 Å². The summed E-state index contributed by atoms with van der Waals surface area (Å²) in [4.78, 5) is 6.62. The molecule has 2 fully saturated rings. The molecule has 0 aromatic heterocycles. The smallest absolute Gasteiger partial charge is 0.255 e. The van der Waals surface area contributed by atoms with E-state index >= 15 is 0 Å². The number of alkyl halides is 2. The Morgan fingerprint density at radius 3 is 2.00 bits per heavy atom. The Balaban J connectivity index is 1.85. The second-order valence-electron chi connectivity index (χ2n) is 6.90. The molecule has 20 heavy (non-hydrogen) atoms. The first-order valence-corrected chi connectivity index (χ1v) is 7.88. The van der Waals surface area contributed by atoms with Gasteiger partial charge in [-0.05, 0) is 33.6 Å². The monoisotopic (exact) mass is 289 g/mol. The van der Waals surface area contributed by atoms with Crippen molar-refractivity contribution in [2.45, 2.75) is 52.2 Å². The summed E-state index contributed by atoms with van der Waals surface area (Å²) < 4.78 is 26.6. The molecule has 0 spiro atoms. The number of nitrogens with zero attached hydrogens (tertiary/aromatic N) is 3. The van der Waals surface area contributed by atoms with E-state index in [0.29, 0.717) is 24.5 Å². The number of likely N-dealkylation sites (tertiary alicyclic amines) is 1. The van der Waals surface area contributed by atoms with E-state index in [0.717, 1.165) is 32.7 Å². The van der Waals surface area contributed by atoms with Crippen LogP contribution >= 0.6 is 0 Å². The first-order chi connectivity index (χ1) is 9.38. The molecule has 1 atom stereocenters. The van der Waals surface area contributed by atoms with E-state index in [4.69, 9.17) is 0 Å². The number of hydrogen-bond acceptors (Lipinski definition) is 3. The van der Waals surface area contributed by atoms with Gasteiger partial charge in [-0.15, -0.1) is 0 Å². The molecule has 0 bridgehead atoms. The minimum atomic E-state index is -2.24. The van der Waals surface area contributed by atoms with Crippen LogP contribution in [0.5, 0.6) is 0 Å². The molecule has 0 unspecified atom stereocenters. The predicted molar refractivity (Wildman–Crippen MR) is 78.3 cm³/mol. The highest BCUT2D eigenvalue weighted by molar-refractivity contribution is 4.90. The molecule has 0 saturated carbocycles. The average molecular weight is 289 g/mol. The third kappa shape index (κ3) is 3.68. The SMILES string of the molecule is CC(C)N1CC(CN2CCN(C(C)C)C[C@H]2C(F)F)C1. The topological polar surface area (TPSA) is 9.72 Å². The fourth-order valence-corrected chi connectivity index (χ4v) is 3.28. The number of halogens is 2. The molecule has 2 rings (SSSR count). The quantitative estimate of drug-likeness (QED) is 0.766. The van der Waals surface area contributed by atoms with Crippen molar-refractivity contribution < 1.29 is 8.78 Å². The van der Waals surface area contributed by atoms with Crippen LogP contribution in [0.3, 0.4) is 0 Å². The molecule has 5 heteroatoms. The normalized spacial score (nSPS) is 27.8. The van der Waals surface area contributed by atoms with Crippen molar-refractivity contribution in [2.24, 2.45) is 5.92 Å². The molecular weight excluding hydrogens is 260 g/mol. The summed E-state index contributed by atoms with van der Waals surface area (Å²) in [5.74, 6) is 0.573. The van der Waals surface area contributed by atoms with Crippen LogP contribution in [0.15, 0.2) is 0 Å². The molecule has 0 aliphatic carbocycles. The van der Waals surface area contributed by atoms with Gasteiger partial charge in [-0.1, -0.05) is 0 Å². The van der Waals surface area contributed by atoms with Crippen molar-refractivity contribution in [1.29, 1.82) is 0 Å². The van der Waals surface area contributed by atoms with Gasteiger partial charge in [0.05, 0.1) is 6.04 Å². The fourth-order valence-electron chi connectivity index (χ4n) is 3.28. The minimum Gasteiger partial charge on any atom is -0.300 e. The first kappa shape index (κ1) is 16.1. The standard InChI is InChI=1S/C15H29F2N3/c1-11(2)18-5-6-19(14(10-18)15(16)17)7-13-8-20(9-13)12(3)4/h11-15H,5-10H2,1-4H3/t14-/m0/s1. The Kier molecular flexibility index (Phi) is 5.37. The van der Waals surface area contributed by atoms with Gasteiger partial charge >= 0.3 is 0 Å². The van der Waals surface area contributed by atoms with Crippen LogP contribution in [-0.2, 0) is 0 Å². The molecule has 118 valence electrons.